The van der Waals surface area contributed by atoms with Gasteiger partial charge in [-0.3, -0.25) is 14.8 Å². The first kappa shape index (κ1) is 17.2. The van der Waals surface area contributed by atoms with Gasteiger partial charge in [0.25, 0.3) is 5.91 Å². The Morgan fingerprint density at radius 3 is 2.52 bits per heavy atom. The normalized spacial score (nSPS) is 11.3. The van der Waals surface area contributed by atoms with Gasteiger partial charge in [-0.25, -0.2) is 13.4 Å². The molecule has 0 bridgehead atoms. The van der Waals surface area contributed by atoms with Crippen molar-refractivity contribution in [3.05, 3.63) is 33.7 Å². The fourth-order valence-electron chi connectivity index (χ4n) is 2.02. The van der Waals surface area contributed by atoms with E-state index in [2.05, 4.69) is 15.0 Å². The van der Waals surface area contributed by atoms with Crippen molar-refractivity contribution >= 4 is 38.2 Å². The summed E-state index contributed by atoms with van der Waals surface area (Å²) in [5.74, 6) is -0.415. The molecule has 23 heavy (non-hydrogen) atoms. The highest BCUT2D eigenvalue weighted by atomic mass is 32.2. The van der Waals surface area contributed by atoms with Crippen LogP contribution in [0.3, 0.4) is 0 Å². The maximum absolute atomic E-state index is 12.3. The topological polar surface area (TPSA) is 108 Å². The van der Waals surface area contributed by atoms with Crippen molar-refractivity contribution in [3.8, 4) is 5.75 Å². The van der Waals surface area contributed by atoms with Crippen LogP contribution in [0, 0.1) is 20.8 Å². The number of sulfonamides is 1. The monoisotopic (exact) mass is 355 g/mol. The third kappa shape index (κ3) is 4.20. The van der Waals surface area contributed by atoms with Gasteiger partial charge in [-0.1, -0.05) is 17.4 Å². The number of aryl methyl sites for hydroxylation is 3. The predicted octanol–water partition coefficient (Wildman–Crippen LogP) is 2.40. The molecular formula is C14H17N3O4S2. The lowest BCUT2D eigenvalue weighted by molar-refractivity contribution is 0.102. The van der Waals surface area contributed by atoms with Gasteiger partial charge < -0.3 is 5.11 Å². The first-order valence-electron chi connectivity index (χ1n) is 6.63. The fraction of sp³-hybridized carbons (Fsp3) is 0.286. The molecule has 1 aromatic carbocycles. The van der Waals surface area contributed by atoms with E-state index in [1.165, 1.54) is 0 Å². The van der Waals surface area contributed by atoms with E-state index in [4.69, 9.17) is 0 Å². The third-order valence-corrected chi connectivity index (χ3v) is 4.44. The van der Waals surface area contributed by atoms with Gasteiger partial charge >= 0.3 is 0 Å². The number of phenolic OH excluding ortho intramolecular Hbond substituents is 1. The van der Waals surface area contributed by atoms with E-state index in [1.54, 1.807) is 26.0 Å². The highest BCUT2D eigenvalue weighted by Crippen LogP contribution is 2.29. The second-order valence-electron chi connectivity index (χ2n) is 5.23. The van der Waals surface area contributed by atoms with Gasteiger partial charge in [-0.15, -0.1) is 0 Å². The molecule has 7 nitrogen and oxygen atoms in total. The van der Waals surface area contributed by atoms with E-state index in [0.717, 1.165) is 23.2 Å². The fourth-order valence-corrected chi connectivity index (χ4v) is 3.40. The van der Waals surface area contributed by atoms with Gasteiger partial charge in [-0.2, -0.15) is 0 Å². The van der Waals surface area contributed by atoms with Crippen LogP contribution in [0.15, 0.2) is 12.1 Å². The number of hydrogen-bond donors (Lipinski definition) is 3. The predicted molar refractivity (Wildman–Crippen MR) is 90.9 cm³/mol. The molecule has 0 aliphatic rings. The Hall–Kier alpha value is -2.13. The standard InChI is InChI=1S/C14H17N3O4S2/c1-7-5-8(2)11(18)10(6-7)13(19)16-14-15-12(9(3)22-14)17-23(4,20)21/h5-6,17-18H,1-4H3,(H,15,16,19). The number of phenols is 1. The minimum absolute atomic E-state index is 0.0872. The average Bonchev–Trinajstić information content (AvgIpc) is 2.71. The van der Waals surface area contributed by atoms with Crippen molar-refractivity contribution in [2.24, 2.45) is 0 Å². The Labute approximate surface area is 138 Å². The Morgan fingerprint density at radius 2 is 1.91 bits per heavy atom. The van der Waals surface area contributed by atoms with Crippen LogP contribution in [-0.4, -0.2) is 30.7 Å². The average molecular weight is 355 g/mol. The van der Waals surface area contributed by atoms with Crippen LogP contribution in [0.25, 0.3) is 0 Å². The van der Waals surface area contributed by atoms with Crippen LogP contribution in [0.1, 0.15) is 26.4 Å². The van der Waals surface area contributed by atoms with Crippen molar-refractivity contribution in [1.29, 1.82) is 0 Å². The number of hydrogen-bond acceptors (Lipinski definition) is 6. The number of carbonyl (C=O) groups excluding carboxylic acids is 1. The van der Waals surface area contributed by atoms with E-state index in [-0.39, 0.29) is 22.3 Å². The van der Waals surface area contributed by atoms with E-state index in [0.29, 0.717) is 10.4 Å². The summed E-state index contributed by atoms with van der Waals surface area (Å²) in [6.07, 6.45) is 1.03. The van der Waals surface area contributed by atoms with Crippen molar-refractivity contribution < 1.29 is 18.3 Å². The summed E-state index contributed by atoms with van der Waals surface area (Å²) in [5.41, 5.74) is 1.60. The van der Waals surface area contributed by atoms with Crippen molar-refractivity contribution in [2.75, 3.05) is 16.3 Å². The second-order valence-corrected chi connectivity index (χ2v) is 8.18. The molecule has 0 saturated heterocycles. The molecule has 0 aliphatic heterocycles. The molecule has 0 atom stereocenters. The maximum Gasteiger partial charge on any atom is 0.261 e. The molecule has 0 unspecified atom stereocenters. The zero-order valence-electron chi connectivity index (χ0n) is 13.1. The lowest BCUT2D eigenvalue weighted by Crippen LogP contribution is -2.13. The van der Waals surface area contributed by atoms with Gasteiger partial charge in [0.05, 0.1) is 11.8 Å². The summed E-state index contributed by atoms with van der Waals surface area (Å²) in [6, 6.07) is 3.35. The molecular weight excluding hydrogens is 338 g/mol. The minimum atomic E-state index is -3.44. The number of aromatic nitrogens is 1. The van der Waals surface area contributed by atoms with Gasteiger partial charge in [0, 0.05) is 4.88 Å². The number of carbonyl (C=O) groups is 1. The number of benzene rings is 1. The molecule has 0 aliphatic carbocycles. The molecule has 2 rings (SSSR count). The summed E-state index contributed by atoms with van der Waals surface area (Å²) < 4.78 is 24.8. The Kier molecular flexibility index (Phi) is 4.62. The van der Waals surface area contributed by atoms with Crippen LogP contribution in [-0.2, 0) is 10.0 Å². The molecule has 9 heteroatoms. The quantitative estimate of drug-likeness (QED) is 0.780. The lowest BCUT2D eigenvalue weighted by Gasteiger charge is -2.08. The summed E-state index contributed by atoms with van der Waals surface area (Å²) in [6.45, 7) is 5.22. The Balaban J connectivity index is 2.26. The number of nitrogens with zero attached hydrogens (tertiary/aromatic N) is 1. The van der Waals surface area contributed by atoms with Crippen molar-refractivity contribution in [2.45, 2.75) is 20.8 Å². The zero-order chi connectivity index (χ0) is 17.4. The van der Waals surface area contributed by atoms with Gasteiger partial charge in [0.1, 0.15) is 5.75 Å². The van der Waals surface area contributed by atoms with Crippen LogP contribution in [0.2, 0.25) is 0 Å². The maximum atomic E-state index is 12.3. The molecule has 1 amide bonds. The highest BCUT2D eigenvalue weighted by molar-refractivity contribution is 7.92. The largest absolute Gasteiger partial charge is 0.507 e. The molecule has 3 N–H and O–H groups in total. The van der Waals surface area contributed by atoms with Gasteiger partial charge in [-0.05, 0) is 38.0 Å². The van der Waals surface area contributed by atoms with Crippen molar-refractivity contribution in [3.63, 3.8) is 0 Å². The number of nitrogens with one attached hydrogen (secondary N) is 2. The Bertz CT molecular complexity index is 872. The zero-order valence-corrected chi connectivity index (χ0v) is 14.7. The summed E-state index contributed by atoms with van der Waals surface area (Å²) in [7, 11) is -3.44. The van der Waals surface area contributed by atoms with Crippen molar-refractivity contribution in [1.82, 2.24) is 4.98 Å². The van der Waals surface area contributed by atoms with Crippen LogP contribution < -0.4 is 10.0 Å². The smallest absolute Gasteiger partial charge is 0.261 e. The van der Waals surface area contributed by atoms with Gasteiger partial charge in [0.15, 0.2) is 10.9 Å². The molecule has 0 saturated carbocycles. The number of anilines is 2. The van der Waals surface area contributed by atoms with E-state index in [1.807, 2.05) is 6.92 Å². The second kappa shape index (κ2) is 6.17. The summed E-state index contributed by atoms with van der Waals surface area (Å²) >= 11 is 1.14. The molecule has 124 valence electrons. The number of thiazole rings is 1. The minimum Gasteiger partial charge on any atom is -0.507 e. The number of rotatable bonds is 4. The lowest BCUT2D eigenvalue weighted by atomic mass is 10.1. The van der Waals surface area contributed by atoms with Gasteiger partial charge in [0.2, 0.25) is 10.0 Å². The third-order valence-electron chi connectivity index (χ3n) is 2.99. The number of amides is 1. The molecule has 0 radical (unpaired) electrons. The van der Waals surface area contributed by atoms with Crippen LogP contribution in [0.4, 0.5) is 10.9 Å². The SMILES string of the molecule is Cc1cc(C)c(O)c(C(=O)Nc2nc(NS(C)(=O)=O)c(C)s2)c1. The molecule has 1 heterocycles. The van der Waals surface area contributed by atoms with Crippen LogP contribution in [0.5, 0.6) is 5.75 Å². The van der Waals surface area contributed by atoms with E-state index >= 15 is 0 Å². The highest BCUT2D eigenvalue weighted by Gasteiger charge is 2.17. The number of aromatic hydroxyl groups is 1. The van der Waals surface area contributed by atoms with E-state index in [9.17, 15) is 18.3 Å². The first-order valence-corrected chi connectivity index (χ1v) is 9.34. The molecule has 1 aromatic heterocycles. The first-order chi connectivity index (χ1) is 10.6. The van der Waals surface area contributed by atoms with E-state index < -0.39 is 15.9 Å². The molecule has 0 spiro atoms. The molecule has 2 aromatic rings. The van der Waals surface area contributed by atoms with Crippen LogP contribution >= 0.6 is 11.3 Å². The Morgan fingerprint density at radius 1 is 1.26 bits per heavy atom. The summed E-state index contributed by atoms with van der Waals surface area (Å²) in [4.78, 5) is 17.0. The molecule has 0 fully saturated rings. The summed E-state index contributed by atoms with van der Waals surface area (Å²) in [5, 5.41) is 12.8.